The Morgan fingerprint density at radius 3 is 2.32 bits per heavy atom. The standard InChI is InChI=1S/C15H17ClO3/c1-10(12-5-7-13(16)8-6-12)4-9-14(11(2)17)15(18)19-3/h4-8,14H,9H2,1-3H3/b10-4-/t14-/m0/s1. The Bertz CT molecular complexity index is 489. The first kappa shape index (κ1) is 15.4. The highest BCUT2D eigenvalue weighted by Gasteiger charge is 2.22. The third-order valence-corrected chi connectivity index (χ3v) is 3.19. The van der Waals surface area contributed by atoms with Crippen LogP contribution in [0.1, 0.15) is 25.8 Å². The Morgan fingerprint density at radius 2 is 1.84 bits per heavy atom. The molecule has 0 heterocycles. The summed E-state index contributed by atoms with van der Waals surface area (Å²) in [4.78, 5) is 22.8. The molecule has 0 aromatic heterocycles. The van der Waals surface area contributed by atoms with E-state index in [4.69, 9.17) is 11.6 Å². The van der Waals surface area contributed by atoms with Crippen molar-refractivity contribution in [2.75, 3.05) is 7.11 Å². The largest absolute Gasteiger partial charge is 0.468 e. The molecule has 0 bridgehead atoms. The number of esters is 1. The molecule has 1 aromatic carbocycles. The fourth-order valence-corrected chi connectivity index (χ4v) is 1.82. The van der Waals surface area contributed by atoms with Crippen molar-refractivity contribution in [2.24, 2.45) is 5.92 Å². The summed E-state index contributed by atoms with van der Waals surface area (Å²) < 4.78 is 4.62. The zero-order valence-electron chi connectivity index (χ0n) is 11.3. The fraction of sp³-hybridized carbons (Fsp3) is 0.333. The second kappa shape index (κ2) is 7.10. The third-order valence-electron chi connectivity index (χ3n) is 2.94. The molecule has 0 fully saturated rings. The van der Waals surface area contributed by atoms with Gasteiger partial charge in [-0.15, -0.1) is 0 Å². The minimum atomic E-state index is -0.729. The summed E-state index contributed by atoms with van der Waals surface area (Å²) in [5.74, 6) is -1.41. The molecule has 1 rings (SSSR count). The summed E-state index contributed by atoms with van der Waals surface area (Å²) in [5.41, 5.74) is 2.00. The third kappa shape index (κ3) is 4.52. The molecule has 0 radical (unpaired) electrons. The zero-order chi connectivity index (χ0) is 14.4. The van der Waals surface area contributed by atoms with Gasteiger partial charge in [-0.3, -0.25) is 9.59 Å². The van der Waals surface area contributed by atoms with Crippen molar-refractivity contribution in [3.63, 3.8) is 0 Å². The smallest absolute Gasteiger partial charge is 0.316 e. The SMILES string of the molecule is COC(=O)[C@@H](C/C=C(/C)c1ccc(Cl)cc1)C(C)=O. The van der Waals surface area contributed by atoms with Gasteiger partial charge in [0.2, 0.25) is 0 Å². The minimum Gasteiger partial charge on any atom is -0.468 e. The van der Waals surface area contributed by atoms with E-state index in [2.05, 4.69) is 4.74 Å². The van der Waals surface area contributed by atoms with Gasteiger partial charge in [-0.2, -0.15) is 0 Å². The molecule has 19 heavy (non-hydrogen) atoms. The van der Waals surface area contributed by atoms with Gasteiger partial charge >= 0.3 is 5.97 Å². The Morgan fingerprint density at radius 1 is 1.26 bits per heavy atom. The maximum absolute atomic E-state index is 11.5. The Kier molecular flexibility index (Phi) is 5.77. The van der Waals surface area contributed by atoms with E-state index in [1.807, 2.05) is 25.1 Å². The molecular weight excluding hydrogens is 264 g/mol. The summed E-state index contributed by atoms with van der Waals surface area (Å²) in [6.45, 7) is 3.32. The van der Waals surface area contributed by atoms with Crippen molar-refractivity contribution in [2.45, 2.75) is 20.3 Å². The maximum Gasteiger partial charge on any atom is 0.316 e. The van der Waals surface area contributed by atoms with Gasteiger partial charge in [-0.05, 0) is 43.5 Å². The van der Waals surface area contributed by atoms with E-state index in [9.17, 15) is 9.59 Å². The number of Topliss-reactive ketones (excluding diaryl/α,β-unsaturated/α-hetero) is 1. The van der Waals surface area contributed by atoms with Crippen LogP contribution in [0.3, 0.4) is 0 Å². The molecule has 0 aliphatic rings. The van der Waals surface area contributed by atoms with Gasteiger partial charge in [0.15, 0.2) is 0 Å². The van der Waals surface area contributed by atoms with Gasteiger partial charge in [0.25, 0.3) is 0 Å². The molecule has 0 aliphatic heterocycles. The van der Waals surface area contributed by atoms with Crippen molar-refractivity contribution in [3.8, 4) is 0 Å². The van der Waals surface area contributed by atoms with Crippen LogP contribution < -0.4 is 0 Å². The summed E-state index contributed by atoms with van der Waals surface area (Å²) in [6, 6.07) is 7.40. The molecule has 1 aromatic rings. The average Bonchev–Trinajstić information content (AvgIpc) is 2.38. The number of carbonyl (C=O) groups is 2. The molecule has 0 saturated carbocycles. The van der Waals surface area contributed by atoms with Crippen molar-refractivity contribution in [1.29, 1.82) is 0 Å². The summed E-state index contributed by atoms with van der Waals surface area (Å²) in [6.07, 6.45) is 2.21. The number of benzene rings is 1. The van der Waals surface area contributed by atoms with Gasteiger partial charge in [-0.1, -0.05) is 29.8 Å². The number of methoxy groups -OCH3 is 1. The zero-order valence-corrected chi connectivity index (χ0v) is 12.0. The van der Waals surface area contributed by atoms with Crippen LogP contribution in [0.5, 0.6) is 0 Å². The van der Waals surface area contributed by atoms with Crippen LogP contribution in [0.4, 0.5) is 0 Å². The number of allylic oxidation sites excluding steroid dienone is 2. The number of ketones is 1. The number of halogens is 1. The van der Waals surface area contributed by atoms with E-state index in [1.165, 1.54) is 14.0 Å². The predicted molar refractivity (Wildman–Crippen MR) is 75.9 cm³/mol. The van der Waals surface area contributed by atoms with Gasteiger partial charge in [0.05, 0.1) is 7.11 Å². The molecule has 102 valence electrons. The van der Waals surface area contributed by atoms with Crippen molar-refractivity contribution in [3.05, 3.63) is 40.9 Å². The number of hydrogen-bond acceptors (Lipinski definition) is 3. The second-order valence-electron chi connectivity index (χ2n) is 4.32. The molecule has 0 amide bonds. The Hall–Kier alpha value is -1.61. The lowest BCUT2D eigenvalue weighted by atomic mass is 9.98. The fourth-order valence-electron chi connectivity index (χ4n) is 1.70. The quantitative estimate of drug-likeness (QED) is 0.612. The van der Waals surface area contributed by atoms with Gasteiger partial charge < -0.3 is 4.74 Å². The molecule has 0 unspecified atom stereocenters. The molecule has 3 nitrogen and oxygen atoms in total. The van der Waals surface area contributed by atoms with Crippen LogP contribution >= 0.6 is 11.6 Å². The van der Waals surface area contributed by atoms with Gasteiger partial charge in [-0.25, -0.2) is 0 Å². The van der Waals surface area contributed by atoms with Crippen molar-refractivity contribution >= 4 is 28.9 Å². The first-order chi connectivity index (χ1) is 8.95. The lowest BCUT2D eigenvalue weighted by molar-refractivity contribution is -0.148. The highest BCUT2D eigenvalue weighted by Crippen LogP contribution is 2.19. The first-order valence-corrected chi connectivity index (χ1v) is 6.34. The van der Waals surface area contributed by atoms with Gasteiger partial charge in [0.1, 0.15) is 11.7 Å². The van der Waals surface area contributed by atoms with Crippen LogP contribution in [0.2, 0.25) is 5.02 Å². The predicted octanol–water partition coefficient (Wildman–Crippen LogP) is 3.51. The van der Waals surface area contributed by atoms with E-state index in [0.717, 1.165) is 11.1 Å². The monoisotopic (exact) mass is 280 g/mol. The summed E-state index contributed by atoms with van der Waals surface area (Å²) in [5, 5.41) is 0.674. The van der Waals surface area contributed by atoms with Crippen LogP contribution in [0.15, 0.2) is 30.3 Å². The van der Waals surface area contributed by atoms with Crippen LogP contribution in [0, 0.1) is 5.92 Å². The van der Waals surface area contributed by atoms with Crippen LogP contribution in [-0.4, -0.2) is 18.9 Å². The normalized spacial score (nSPS) is 12.9. The topological polar surface area (TPSA) is 43.4 Å². The van der Waals surface area contributed by atoms with E-state index in [-0.39, 0.29) is 5.78 Å². The van der Waals surface area contributed by atoms with Crippen molar-refractivity contribution < 1.29 is 14.3 Å². The lowest BCUT2D eigenvalue weighted by Crippen LogP contribution is -2.22. The number of ether oxygens (including phenoxy) is 1. The minimum absolute atomic E-state index is 0.188. The van der Waals surface area contributed by atoms with Gasteiger partial charge in [0, 0.05) is 5.02 Å². The van der Waals surface area contributed by atoms with Crippen molar-refractivity contribution in [1.82, 2.24) is 0 Å². The van der Waals surface area contributed by atoms with Crippen LogP contribution in [-0.2, 0) is 14.3 Å². The second-order valence-corrected chi connectivity index (χ2v) is 4.75. The molecule has 0 aliphatic carbocycles. The van der Waals surface area contributed by atoms with E-state index in [1.54, 1.807) is 12.1 Å². The average molecular weight is 281 g/mol. The number of rotatable bonds is 5. The summed E-state index contributed by atoms with van der Waals surface area (Å²) in [7, 11) is 1.29. The lowest BCUT2D eigenvalue weighted by Gasteiger charge is -2.09. The highest BCUT2D eigenvalue weighted by molar-refractivity contribution is 6.30. The summed E-state index contributed by atoms with van der Waals surface area (Å²) >= 11 is 5.82. The van der Waals surface area contributed by atoms with E-state index >= 15 is 0 Å². The molecule has 0 N–H and O–H groups in total. The molecule has 1 atom stereocenters. The van der Waals surface area contributed by atoms with E-state index in [0.29, 0.717) is 11.4 Å². The first-order valence-electron chi connectivity index (χ1n) is 5.96. The maximum atomic E-state index is 11.5. The number of carbonyl (C=O) groups excluding carboxylic acids is 2. The van der Waals surface area contributed by atoms with Crippen LogP contribution in [0.25, 0.3) is 5.57 Å². The Balaban J connectivity index is 2.81. The number of hydrogen-bond donors (Lipinski definition) is 0. The molecular formula is C15H17ClO3. The highest BCUT2D eigenvalue weighted by atomic mass is 35.5. The molecule has 0 saturated heterocycles. The molecule has 4 heteroatoms. The molecule has 0 spiro atoms. The Labute approximate surface area is 118 Å². The van der Waals surface area contributed by atoms with E-state index < -0.39 is 11.9 Å².